The fraction of sp³-hybridized carbons (Fsp3) is 0.125. The molecular formula is C24H17F3N4O2. The van der Waals surface area contributed by atoms with Crippen LogP contribution in [0.4, 0.5) is 24.8 Å². The van der Waals surface area contributed by atoms with Crippen LogP contribution in [-0.2, 0) is 12.6 Å². The van der Waals surface area contributed by atoms with Crippen molar-refractivity contribution < 1.29 is 22.7 Å². The molecule has 0 bridgehead atoms. The molecule has 0 fully saturated rings. The van der Waals surface area contributed by atoms with E-state index in [0.717, 1.165) is 34.2 Å². The van der Waals surface area contributed by atoms with Gasteiger partial charge in [0.05, 0.1) is 23.3 Å². The molecule has 3 N–H and O–H groups in total. The van der Waals surface area contributed by atoms with Gasteiger partial charge in [-0.1, -0.05) is 12.1 Å². The summed E-state index contributed by atoms with van der Waals surface area (Å²) in [6, 6.07) is 13.7. The monoisotopic (exact) mass is 450 g/mol. The highest BCUT2D eigenvalue weighted by Gasteiger charge is 2.31. The van der Waals surface area contributed by atoms with Gasteiger partial charge in [-0.3, -0.25) is 4.79 Å². The number of hydrogen-bond donors (Lipinski definition) is 2. The molecule has 1 aromatic heterocycles. The van der Waals surface area contributed by atoms with E-state index in [1.165, 1.54) is 12.1 Å². The maximum atomic E-state index is 13.1. The Kier molecular flexibility index (Phi) is 4.88. The molecule has 33 heavy (non-hydrogen) atoms. The van der Waals surface area contributed by atoms with E-state index in [2.05, 4.69) is 15.3 Å². The normalized spacial score (nSPS) is 12.9. The Morgan fingerprint density at radius 2 is 1.91 bits per heavy atom. The van der Waals surface area contributed by atoms with Crippen molar-refractivity contribution in [3.63, 3.8) is 0 Å². The summed E-state index contributed by atoms with van der Waals surface area (Å²) in [5.74, 6) is 0.0739. The van der Waals surface area contributed by atoms with Gasteiger partial charge in [-0.05, 0) is 59.2 Å². The predicted molar refractivity (Wildman–Crippen MR) is 118 cm³/mol. The number of hydrogen-bond acceptors (Lipinski definition) is 5. The molecule has 0 unspecified atom stereocenters. The number of nitrogens with zero attached hydrogens (tertiary/aromatic N) is 2. The SMILES string of the molecule is Nc1ncc2cc(-c3cc4c(c(C(=O)Nc5cccc(C(F)(F)F)c5)c3)OCC4)ccc2n1. The Morgan fingerprint density at radius 1 is 1.06 bits per heavy atom. The van der Waals surface area contributed by atoms with Gasteiger partial charge in [0.25, 0.3) is 5.91 Å². The van der Waals surface area contributed by atoms with E-state index in [1.54, 1.807) is 12.3 Å². The second-order valence-electron chi connectivity index (χ2n) is 7.65. The lowest BCUT2D eigenvalue weighted by Gasteiger charge is -2.13. The molecule has 1 aliphatic rings. The number of carbonyl (C=O) groups is 1. The van der Waals surface area contributed by atoms with E-state index >= 15 is 0 Å². The third kappa shape index (κ3) is 4.05. The summed E-state index contributed by atoms with van der Waals surface area (Å²) >= 11 is 0. The second kappa shape index (κ2) is 7.77. The number of amides is 1. The number of benzene rings is 3. The largest absolute Gasteiger partial charge is 0.492 e. The molecule has 0 saturated heterocycles. The molecule has 0 spiro atoms. The number of nitrogen functional groups attached to an aromatic ring is 1. The van der Waals surface area contributed by atoms with Gasteiger partial charge in [0.2, 0.25) is 5.95 Å². The second-order valence-corrected chi connectivity index (χ2v) is 7.65. The average Bonchev–Trinajstić information content (AvgIpc) is 3.26. The Bertz CT molecular complexity index is 1400. The molecule has 0 aliphatic carbocycles. The zero-order valence-electron chi connectivity index (χ0n) is 17.1. The van der Waals surface area contributed by atoms with E-state index in [4.69, 9.17) is 10.5 Å². The van der Waals surface area contributed by atoms with E-state index in [0.29, 0.717) is 24.3 Å². The van der Waals surface area contributed by atoms with Crippen LogP contribution in [0.15, 0.2) is 60.8 Å². The molecule has 3 aromatic carbocycles. The minimum atomic E-state index is -4.50. The molecule has 9 heteroatoms. The number of ether oxygens (including phenoxy) is 1. The minimum Gasteiger partial charge on any atom is -0.492 e. The Morgan fingerprint density at radius 3 is 2.73 bits per heavy atom. The van der Waals surface area contributed by atoms with Crippen LogP contribution in [0.3, 0.4) is 0 Å². The number of alkyl halides is 3. The van der Waals surface area contributed by atoms with Crippen molar-refractivity contribution in [2.75, 3.05) is 17.7 Å². The maximum absolute atomic E-state index is 13.1. The standard InChI is InChI=1S/C24H17F3N4O2/c25-24(26,27)17-2-1-3-18(11-17)30-22(32)19-10-15(9-14-6-7-33-21(14)19)13-4-5-20-16(8-13)12-29-23(28)31-20/h1-5,8-12H,6-7H2,(H,30,32)(H2,28,29,31). The number of halogens is 3. The van der Waals surface area contributed by atoms with E-state index in [9.17, 15) is 18.0 Å². The van der Waals surface area contributed by atoms with Crippen LogP contribution in [0.1, 0.15) is 21.5 Å². The van der Waals surface area contributed by atoms with E-state index < -0.39 is 17.6 Å². The highest BCUT2D eigenvalue weighted by molar-refractivity contribution is 6.07. The third-order valence-electron chi connectivity index (χ3n) is 5.41. The van der Waals surface area contributed by atoms with Gasteiger partial charge in [-0.2, -0.15) is 13.2 Å². The van der Waals surface area contributed by atoms with Crippen molar-refractivity contribution in [1.29, 1.82) is 0 Å². The summed E-state index contributed by atoms with van der Waals surface area (Å²) in [6.45, 7) is 0.424. The molecule has 4 aromatic rings. The summed E-state index contributed by atoms with van der Waals surface area (Å²) in [7, 11) is 0. The number of carbonyl (C=O) groups excluding carboxylic acids is 1. The summed E-state index contributed by atoms with van der Waals surface area (Å²) in [6.07, 6.45) is -2.26. The maximum Gasteiger partial charge on any atom is 0.416 e. The third-order valence-corrected chi connectivity index (χ3v) is 5.41. The van der Waals surface area contributed by atoms with Gasteiger partial charge >= 0.3 is 6.18 Å². The topological polar surface area (TPSA) is 90.1 Å². The number of fused-ring (bicyclic) bond motifs is 2. The zero-order chi connectivity index (χ0) is 23.2. The molecule has 0 atom stereocenters. The van der Waals surface area contributed by atoms with Crippen molar-refractivity contribution in [3.05, 3.63) is 77.5 Å². The van der Waals surface area contributed by atoms with Crippen molar-refractivity contribution in [3.8, 4) is 16.9 Å². The fourth-order valence-corrected chi connectivity index (χ4v) is 3.84. The molecule has 1 amide bonds. The van der Waals surface area contributed by atoms with Crippen molar-refractivity contribution in [2.24, 2.45) is 0 Å². The van der Waals surface area contributed by atoms with Crippen molar-refractivity contribution in [1.82, 2.24) is 9.97 Å². The van der Waals surface area contributed by atoms with E-state index in [1.807, 2.05) is 24.3 Å². The fourth-order valence-electron chi connectivity index (χ4n) is 3.84. The van der Waals surface area contributed by atoms with Crippen LogP contribution in [0.5, 0.6) is 5.75 Å². The number of rotatable bonds is 3. The molecule has 6 nitrogen and oxygen atoms in total. The summed E-state index contributed by atoms with van der Waals surface area (Å²) in [5.41, 5.74) is 8.26. The Labute approximate surface area is 186 Å². The minimum absolute atomic E-state index is 0.0485. The first kappa shape index (κ1) is 20.7. The molecule has 0 radical (unpaired) electrons. The molecule has 5 rings (SSSR count). The first-order valence-electron chi connectivity index (χ1n) is 10.1. The summed E-state index contributed by atoms with van der Waals surface area (Å²) < 4.78 is 44.8. The van der Waals surface area contributed by atoms with Crippen LogP contribution in [0, 0.1) is 0 Å². The summed E-state index contributed by atoms with van der Waals surface area (Å²) in [4.78, 5) is 21.3. The number of anilines is 2. The average molecular weight is 450 g/mol. The van der Waals surface area contributed by atoms with Gasteiger partial charge in [-0.25, -0.2) is 9.97 Å². The molecule has 0 saturated carbocycles. The zero-order valence-corrected chi connectivity index (χ0v) is 17.1. The van der Waals surface area contributed by atoms with Gasteiger partial charge in [0.1, 0.15) is 5.75 Å². The molecule has 2 heterocycles. The lowest BCUT2D eigenvalue weighted by molar-refractivity contribution is -0.137. The Balaban J connectivity index is 1.52. The van der Waals surface area contributed by atoms with E-state index in [-0.39, 0.29) is 17.2 Å². The van der Waals surface area contributed by atoms with Gasteiger partial charge in [0.15, 0.2) is 0 Å². The van der Waals surface area contributed by atoms with Crippen LogP contribution < -0.4 is 15.8 Å². The lowest BCUT2D eigenvalue weighted by atomic mass is 9.97. The predicted octanol–water partition coefficient (Wildman–Crippen LogP) is 5.09. The number of nitrogens with one attached hydrogen (secondary N) is 1. The number of aromatic nitrogens is 2. The van der Waals surface area contributed by atoms with Crippen LogP contribution in [0.25, 0.3) is 22.0 Å². The first-order valence-corrected chi connectivity index (χ1v) is 10.1. The highest BCUT2D eigenvalue weighted by atomic mass is 19.4. The Hall–Kier alpha value is -4.14. The molecule has 1 aliphatic heterocycles. The number of nitrogens with two attached hydrogens (primary N) is 1. The molecular weight excluding hydrogens is 433 g/mol. The molecule has 166 valence electrons. The first-order chi connectivity index (χ1) is 15.8. The van der Waals surface area contributed by atoms with Crippen LogP contribution >= 0.6 is 0 Å². The smallest absolute Gasteiger partial charge is 0.416 e. The van der Waals surface area contributed by atoms with Crippen molar-refractivity contribution in [2.45, 2.75) is 12.6 Å². The van der Waals surface area contributed by atoms with Gasteiger partial charge in [0, 0.05) is 23.7 Å². The summed E-state index contributed by atoms with van der Waals surface area (Å²) in [5, 5.41) is 3.35. The van der Waals surface area contributed by atoms with Crippen LogP contribution in [-0.4, -0.2) is 22.5 Å². The highest BCUT2D eigenvalue weighted by Crippen LogP contribution is 2.36. The lowest BCUT2D eigenvalue weighted by Crippen LogP contribution is -2.14. The van der Waals surface area contributed by atoms with Crippen molar-refractivity contribution >= 4 is 28.4 Å². The quantitative estimate of drug-likeness (QED) is 0.454. The van der Waals surface area contributed by atoms with Crippen LogP contribution in [0.2, 0.25) is 0 Å². The van der Waals surface area contributed by atoms with Gasteiger partial charge < -0.3 is 15.8 Å². The van der Waals surface area contributed by atoms with Gasteiger partial charge in [-0.15, -0.1) is 0 Å².